The minimum absolute atomic E-state index is 0.217. The van der Waals surface area contributed by atoms with Crippen LogP contribution in [0.15, 0.2) is 46.0 Å². The van der Waals surface area contributed by atoms with Crippen LogP contribution in [0.2, 0.25) is 0 Å². The molecule has 0 N–H and O–H groups in total. The summed E-state index contributed by atoms with van der Waals surface area (Å²) in [5.41, 5.74) is 1.80. The van der Waals surface area contributed by atoms with Gasteiger partial charge in [0.05, 0.1) is 34.3 Å². The van der Waals surface area contributed by atoms with Crippen LogP contribution in [-0.2, 0) is 32.5 Å². The molecular formula is C14H14O3S2. The van der Waals surface area contributed by atoms with Gasteiger partial charge in [0.2, 0.25) is 0 Å². The van der Waals surface area contributed by atoms with Gasteiger partial charge in [0.25, 0.3) is 0 Å². The maximum Gasteiger partial charge on any atom is 0.309 e. The van der Waals surface area contributed by atoms with Crippen molar-refractivity contribution in [3.8, 4) is 0 Å². The summed E-state index contributed by atoms with van der Waals surface area (Å²) in [6, 6.07) is 11.3. The minimum Gasteiger partial charge on any atom is -0.469 e. The summed E-state index contributed by atoms with van der Waals surface area (Å²) in [5.74, 6) is 0.141. The van der Waals surface area contributed by atoms with Gasteiger partial charge in [-0.3, -0.25) is 9.00 Å². The van der Waals surface area contributed by atoms with Crippen molar-refractivity contribution in [2.24, 2.45) is 0 Å². The molecule has 0 aliphatic carbocycles. The van der Waals surface area contributed by atoms with Crippen LogP contribution in [0.5, 0.6) is 0 Å². The molecule has 0 amide bonds. The Morgan fingerprint density at radius 2 is 1.95 bits per heavy atom. The van der Waals surface area contributed by atoms with Crippen LogP contribution in [0.4, 0.5) is 0 Å². The van der Waals surface area contributed by atoms with Gasteiger partial charge < -0.3 is 4.74 Å². The van der Waals surface area contributed by atoms with E-state index in [1.165, 1.54) is 18.4 Å². The van der Waals surface area contributed by atoms with Crippen molar-refractivity contribution in [2.45, 2.75) is 16.4 Å². The maximum atomic E-state index is 12.2. The molecule has 19 heavy (non-hydrogen) atoms. The number of thiophene rings is 1. The highest BCUT2D eigenvalue weighted by atomic mass is 32.2. The Labute approximate surface area is 118 Å². The zero-order chi connectivity index (χ0) is 13.7. The number of methoxy groups -OCH3 is 1. The summed E-state index contributed by atoms with van der Waals surface area (Å²) in [4.78, 5) is 11.4. The Morgan fingerprint density at radius 1 is 1.21 bits per heavy atom. The van der Waals surface area contributed by atoms with Crippen molar-refractivity contribution in [2.75, 3.05) is 7.11 Å². The predicted octanol–water partition coefficient (Wildman–Crippen LogP) is 2.77. The Morgan fingerprint density at radius 3 is 2.58 bits per heavy atom. The van der Waals surface area contributed by atoms with Gasteiger partial charge in [0.15, 0.2) is 0 Å². The fourth-order valence-electron chi connectivity index (χ4n) is 1.70. The van der Waals surface area contributed by atoms with Crippen molar-refractivity contribution in [1.82, 2.24) is 0 Å². The molecule has 0 saturated carbocycles. The zero-order valence-electron chi connectivity index (χ0n) is 10.5. The summed E-state index contributed by atoms with van der Waals surface area (Å²) in [7, 11) is 0.306. The molecule has 0 fully saturated rings. The third-order valence-corrected chi connectivity index (χ3v) is 5.35. The van der Waals surface area contributed by atoms with E-state index in [0.29, 0.717) is 5.75 Å². The lowest BCUT2D eigenvalue weighted by molar-refractivity contribution is -0.139. The molecule has 1 heterocycles. The molecule has 0 spiro atoms. The largest absolute Gasteiger partial charge is 0.469 e. The highest BCUT2D eigenvalue weighted by Gasteiger charge is 2.12. The second-order valence-electron chi connectivity index (χ2n) is 3.94. The molecule has 1 atom stereocenters. The standard InChI is InChI=1S/C14H14O3S2/c1-17-13(15)9-11-5-2-3-6-12(11)10-19(16)14-7-4-8-18-14/h2-8H,9-10H2,1H3. The van der Waals surface area contributed by atoms with Gasteiger partial charge >= 0.3 is 5.97 Å². The lowest BCUT2D eigenvalue weighted by Crippen LogP contribution is -2.08. The highest BCUT2D eigenvalue weighted by molar-refractivity contribution is 7.86. The van der Waals surface area contributed by atoms with Crippen molar-refractivity contribution >= 4 is 28.1 Å². The van der Waals surface area contributed by atoms with Gasteiger partial charge in [-0.15, -0.1) is 11.3 Å². The van der Waals surface area contributed by atoms with E-state index in [0.717, 1.165) is 15.3 Å². The summed E-state index contributed by atoms with van der Waals surface area (Å²) < 4.78 is 17.7. The second-order valence-corrected chi connectivity index (χ2v) is 6.57. The molecule has 0 bridgehead atoms. The molecule has 0 aliphatic heterocycles. The van der Waals surface area contributed by atoms with E-state index in [2.05, 4.69) is 4.74 Å². The Balaban J connectivity index is 2.16. The van der Waals surface area contributed by atoms with E-state index < -0.39 is 10.8 Å². The first-order valence-electron chi connectivity index (χ1n) is 5.76. The SMILES string of the molecule is COC(=O)Cc1ccccc1CS(=O)c1cccs1. The third kappa shape index (κ3) is 3.75. The van der Waals surface area contributed by atoms with E-state index in [-0.39, 0.29) is 12.4 Å². The van der Waals surface area contributed by atoms with E-state index in [4.69, 9.17) is 0 Å². The zero-order valence-corrected chi connectivity index (χ0v) is 12.1. The van der Waals surface area contributed by atoms with Crippen molar-refractivity contribution in [3.63, 3.8) is 0 Å². The first kappa shape index (κ1) is 14.0. The lowest BCUT2D eigenvalue weighted by atomic mass is 10.1. The fourth-order valence-corrected chi connectivity index (χ4v) is 3.86. The van der Waals surface area contributed by atoms with Crippen LogP contribution in [0.25, 0.3) is 0 Å². The number of hydrogen-bond donors (Lipinski definition) is 0. The lowest BCUT2D eigenvalue weighted by Gasteiger charge is -2.07. The van der Waals surface area contributed by atoms with Crippen LogP contribution < -0.4 is 0 Å². The summed E-state index contributed by atoms with van der Waals surface area (Å²) in [6.07, 6.45) is 0.217. The molecule has 2 aromatic rings. The smallest absolute Gasteiger partial charge is 0.309 e. The van der Waals surface area contributed by atoms with Crippen LogP contribution in [0.1, 0.15) is 11.1 Å². The minimum atomic E-state index is -1.06. The Bertz CT molecular complexity index is 576. The number of hydrogen-bond acceptors (Lipinski definition) is 4. The molecule has 5 heteroatoms. The Kier molecular flexibility index (Phi) is 4.87. The number of rotatable bonds is 5. The predicted molar refractivity (Wildman–Crippen MR) is 76.6 cm³/mol. The third-order valence-electron chi connectivity index (χ3n) is 2.69. The molecule has 0 saturated heterocycles. The molecule has 2 rings (SSSR count). The Hall–Kier alpha value is -1.46. The average molecular weight is 294 g/mol. The van der Waals surface area contributed by atoms with E-state index in [9.17, 15) is 9.00 Å². The molecule has 1 aromatic heterocycles. The van der Waals surface area contributed by atoms with Crippen molar-refractivity contribution in [1.29, 1.82) is 0 Å². The normalized spacial score (nSPS) is 12.1. The van der Waals surface area contributed by atoms with Crippen LogP contribution in [-0.4, -0.2) is 17.3 Å². The van der Waals surface area contributed by atoms with Crippen molar-refractivity contribution < 1.29 is 13.7 Å². The van der Waals surface area contributed by atoms with E-state index in [1.807, 2.05) is 41.8 Å². The number of ether oxygens (including phenoxy) is 1. The first-order valence-corrected chi connectivity index (χ1v) is 7.96. The van der Waals surface area contributed by atoms with Gasteiger partial charge in [-0.25, -0.2) is 0 Å². The molecule has 0 aliphatic rings. The second kappa shape index (κ2) is 6.63. The maximum absolute atomic E-state index is 12.2. The van der Waals surface area contributed by atoms with Gasteiger partial charge in [0, 0.05) is 0 Å². The van der Waals surface area contributed by atoms with Gasteiger partial charge in [-0.1, -0.05) is 30.3 Å². The first-order chi connectivity index (χ1) is 9.20. The summed E-state index contributed by atoms with van der Waals surface area (Å²) >= 11 is 1.48. The number of esters is 1. The summed E-state index contributed by atoms with van der Waals surface area (Å²) in [5, 5.41) is 1.91. The molecule has 3 nitrogen and oxygen atoms in total. The summed E-state index contributed by atoms with van der Waals surface area (Å²) in [6.45, 7) is 0. The highest BCUT2D eigenvalue weighted by Crippen LogP contribution is 2.20. The quantitative estimate of drug-likeness (QED) is 0.796. The van der Waals surface area contributed by atoms with E-state index >= 15 is 0 Å². The molecule has 1 unspecified atom stereocenters. The van der Waals surface area contributed by atoms with E-state index in [1.54, 1.807) is 0 Å². The van der Waals surface area contributed by atoms with Crippen LogP contribution in [0.3, 0.4) is 0 Å². The van der Waals surface area contributed by atoms with Gasteiger partial charge in [0.1, 0.15) is 0 Å². The monoisotopic (exact) mass is 294 g/mol. The van der Waals surface area contributed by atoms with Crippen molar-refractivity contribution in [3.05, 3.63) is 52.9 Å². The van der Waals surface area contributed by atoms with Crippen LogP contribution >= 0.6 is 11.3 Å². The van der Waals surface area contributed by atoms with Gasteiger partial charge in [-0.05, 0) is 22.6 Å². The fraction of sp³-hybridized carbons (Fsp3) is 0.214. The number of carbonyl (C=O) groups excluding carboxylic acids is 1. The topological polar surface area (TPSA) is 43.4 Å². The molecule has 100 valence electrons. The average Bonchev–Trinajstić information content (AvgIpc) is 2.95. The van der Waals surface area contributed by atoms with Gasteiger partial charge in [-0.2, -0.15) is 0 Å². The molecule has 0 radical (unpaired) electrons. The van der Waals surface area contributed by atoms with Crippen LogP contribution in [0, 0.1) is 0 Å². The number of carbonyl (C=O) groups is 1. The molecular weight excluding hydrogens is 280 g/mol. The number of benzene rings is 1. The molecule has 1 aromatic carbocycles.